The number of nitrogens with zero attached hydrogens (tertiary/aromatic N) is 3. The van der Waals surface area contributed by atoms with Crippen LogP contribution in [0.25, 0.3) is 21.0 Å². The van der Waals surface area contributed by atoms with Crippen molar-refractivity contribution in [1.82, 2.24) is 9.88 Å². The fraction of sp³-hybridized carbons (Fsp3) is 0.455. The Hall–Kier alpha value is -4.14. The van der Waals surface area contributed by atoms with Crippen molar-refractivity contribution in [1.29, 1.82) is 0 Å². The lowest BCUT2D eigenvalue weighted by Crippen LogP contribution is -2.46. The topological polar surface area (TPSA) is 64.1 Å². The summed E-state index contributed by atoms with van der Waals surface area (Å²) in [6, 6.07) is 18.6. The summed E-state index contributed by atoms with van der Waals surface area (Å²) < 4.78 is 18.4. The number of rotatable bonds is 23. The molecule has 0 radical (unpaired) electrons. The Morgan fingerprint density at radius 3 is 2.46 bits per heavy atom. The second-order valence-electron chi connectivity index (χ2n) is 13.4. The first-order valence-corrected chi connectivity index (χ1v) is 20.3. The van der Waals surface area contributed by atoms with Crippen LogP contribution in [0, 0.1) is 0 Å². The highest BCUT2D eigenvalue weighted by molar-refractivity contribution is 7.17. The highest BCUT2D eigenvalue weighted by Gasteiger charge is 2.18. The van der Waals surface area contributed by atoms with Crippen molar-refractivity contribution in [3.63, 3.8) is 0 Å². The monoisotopic (exact) mass is 723 g/mol. The van der Waals surface area contributed by atoms with Crippen LogP contribution in [-0.2, 0) is 9.53 Å². The van der Waals surface area contributed by atoms with Gasteiger partial charge in [0.15, 0.2) is 0 Å². The maximum Gasteiger partial charge on any atom is 0.308 e. The van der Waals surface area contributed by atoms with Crippen LogP contribution >= 0.6 is 11.3 Å². The number of carbonyl (C=O) groups is 1. The van der Waals surface area contributed by atoms with Crippen molar-refractivity contribution in [2.45, 2.75) is 84.0 Å². The van der Waals surface area contributed by atoms with Crippen molar-refractivity contribution in [3.8, 4) is 11.6 Å². The number of carbonyl (C=O) groups excluding carboxylic acids is 1. The lowest BCUT2D eigenvalue weighted by molar-refractivity contribution is -0.150. The van der Waals surface area contributed by atoms with Gasteiger partial charge in [-0.2, -0.15) is 0 Å². The highest BCUT2D eigenvalue weighted by atomic mass is 32.1. The van der Waals surface area contributed by atoms with E-state index in [1.165, 1.54) is 28.6 Å². The zero-order chi connectivity index (χ0) is 36.1. The summed E-state index contributed by atoms with van der Waals surface area (Å²) >= 11 is 1.82. The maximum atomic E-state index is 12.2. The van der Waals surface area contributed by atoms with E-state index in [4.69, 9.17) is 14.2 Å². The van der Waals surface area contributed by atoms with E-state index in [0.717, 1.165) is 107 Å². The first kappa shape index (κ1) is 39.1. The molecule has 0 N–H and O–H groups in total. The number of esters is 1. The fourth-order valence-electron chi connectivity index (χ4n) is 6.46. The lowest BCUT2D eigenvalue weighted by atomic mass is 10.1. The number of pyridine rings is 1. The zero-order valence-corrected chi connectivity index (χ0v) is 31.9. The third-order valence-corrected chi connectivity index (χ3v) is 10.3. The molecular weight excluding hydrogens is 667 g/mol. The summed E-state index contributed by atoms with van der Waals surface area (Å²) in [5.41, 5.74) is 2.16. The van der Waals surface area contributed by atoms with Gasteiger partial charge in [-0.25, -0.2) is 4.98 Å². The Balaban J connectivity index is 0.886. The van der Waals surface area contributed by atoms with Crippen LogP contribution < -0.4 is 14.4 Å². The number of hydrogen-bond acceptors (Lipinski definition) is 8. The number of allylic oxidation sites excluding steroid dienone is 6. The molecule has 0 bridgehead atoms. The van der Waals surface area contributed by atoms with Gasteiger partial charge >= 0.3 is 5.97 Å². The number of anilines is 1. The molecule has 1 saturated heterocycles. The van der Waals surface area contributed by atoms with Crippen LogP contribution in [-0.4, -0.2) is 62.0 Å². The van der Waals surface area contributed by atoms with Gasteiger partial charge in [-0.15, -0.1) is 11.3 Å². The van der Waals surface area contributed by atoms with Gasteiger partial charge in [-0.05, 0) is 99.7 Å². The van der Waals surface area contributed by atoms with E-state index in [0.29, 0.717) is 18.9 Å². The van der Waals surface area contributed by atoms with Crippen molar-refractivity contribution >= 4 is 44.0 Å². The summed E-state index contributed by atoms with van der Waals surface area (Å²) in [5, 5.41) is 4.57. The van der Waals surface area contributed by atoms with Crippen LogP contribution in [0.1, 0.15) is 84.0 Å². The maximum absolute atomic E-state index is 12.2. The third-order valence-electron chi connectivity index (χ3n) is 9.42. The molecular formula is C44H57N3O4S. The summed E-state index contributed by atoms with van der Waals surface area (Å²) in [6.45, 7) is 8.12. The molecule has 1 aliphatic rings. The largest absolute Gasteiger partial charge is 0.494 e. The first-order valence-electron chi connectivity index (χ1n) is 19.4. The van der Waals surface area contributed by atoms with E-state index in [1.807, 2.05) is 35.6 Å². The minimum absolute atomic E-state index is 0.135. The van der Waals surface area contributed by atoms with Gasteiger partial charge in [-0.1, -0.05) is 68.7 Å². The van der Waals surface area contributed by atoms with E-state index in [2.05, 4.69) is 87.8 Å². The molecule has 1 aliphatic heterocycles. The van der Waals surface area contributed by atoms with Crippen LogP contribution in [0.3, 0.4) is 0 Å². The Bertz CT molecular complexity index is 1720. The Morgan fingerprint density at radius 1 is 0.808 bits per heavy atom. The average Bonchev–Trinajstić information content (AvgIpc) is 3.66. The molecule has 0 atom stereocenters. The van der Waals surface area contributed by atoms with Crippen molar-refractivity contribution in [2.24, 2.45) is 0 Å². The summed E-state index contributed by atoms with van der Waals surface area (Å²) in [5.74, 6) is 1.00. The molecule has 1 fully saturated rings. The first-order chi connectivity index (χ1) is 25.7. The number of aromatic nitrogens is 1. The predicted octanol–water partition coefficient (Wildman–Crippen LogP) is 10.9. The molecule has 2 aromatic carbocycles. The smallest absolute Gasteiger partial charge is 0.308 e. The standard InChI is InChI=1S/C44H57N3O4S/c1-2-3-4-5-6-7-8-9-10-11-12-13-14-15-16-22-44(48)51-36-50-43-26-24-37-23-25-38(35-40(37)45-43)49-33-18-17-28-46-29-31-47(32-30-46)41-20-19-21-42-39(41)27-34-52-42/h3-4,6-7,9-10,19-21,23-27,34-35H,2,5,8,11-18,22,28-33,36H2,1H3/b4-3-,7-6-,10-9-. The van der Waals surface area contributed by atoms with E-state index < -0.39 is 0 Å². The third kappa shape index (κ3) is 13.4. The molecule has 52 heavy (non-hydrogen) atoms. The number of thiophene rings is 1. The Kier molecular flexibility index (Phi) is 17.1. The normalized spacial score (nSPS) is 14.1. The summed E-state index contributed by atoms with van der Waals surface area (Å²) in [4.78, 5) is 21.9. The molecule has 0 saturated carbocycles. The molecule has 2 aromatic heterocycles. The lowest BCUT2D eigenvalue weighted by Gasteiger charge is -2.36. The molecule has 0 aliphatic carbocycles. The van der Waals surface area contributed by atoms with Gasteiger partial charge in [-0.3, -0.25) is 9.69 Å². The van der Waals surface area contributed by atoms with Gasteiger partial charge < -0.3 is 19.1 Å². The van der Waals surface area contributed by atoms with Gasteiger partial charge in [0, 0.05) is 65.9 Å². The molecule has 7 nitrogen and oxygen atoms in total. The van der Waals surface area contributed by atoms with Gasteiger partial charge in [0.2, 0.25) is 12.7 Å². The van der Waals surface area contributed by atoms with E-state index in [1.54, 1.807) is 6.07 Å². The second kappa shape index (κ2) is 22.7. The van der Waals surface area contributed by atoms with Crippen LogP contribution in [0.4, 0.5) is 5.69 Å². The van der Waals surface area contributed by atoms with Crippen molar-refractivity contribution in [3.05, 3.63) is 96.4 Å². The highest BCUT2D eigenvalue weighted by Crippen LogP contribution is 2.31. The number of ether oxygens (including phenoxy) is 3. The van der Waals surface area contributed by atoms with Crippen LogP contribution in [0.5, 0.6) is 11.6 Å². The molecule has 5 rings (SSSR count). The molecule has 0 amide bonds. The van der Waals surface area contributed by atoms with Crippen LogP contribution in [0.15, 0.2) is 96.4 Å². The summed E-state index contributed by atoms with van der Waals surface area (Å²) in [7, 11) is 0. The molecule has 8 heteroatoms. The summed E-state index contributed by atoms with van der Waals surface area (Å²) in [6.07, 6.45) is 25.6. The zero-order valence-electron chi connectivity index (χ0n) is 31.1. The Labute approximate surface area is 315 Å². The van der Waals surface area contributed by atoms with Crippen molar-refractivity contribution in [2.75, 3.05) is 51.0 Å². The van der Waals surface area contributed by atoms with Gasteiger partial charge in [0.05, 0.1) is 12.1 Å². The molecule has 278 valence electrons. The van der Waals surface area contributed by atoms with E-state index in [9.17, 15) is 4.79 Å². The SMILES string of the molecule is CC/C=C\C/C=C\C/C=C\CCCCCCCC(=O)OCOc1ccc2ccc(OCCCCN3CCN(c4cccc5sccc45)CC3)cc2n1. The second-order valence-corrected chi connectivity index (χ2v) is 14.3. The molecule has 4 aromatic rings. The van der Waals surface area contributed by atoms with Crippen molar-refractivity contribution < 1.29 is 19.0 Å². The number of hydrogen-bond donors (Lipinski definition) is 0. The number of unbranched alkanes of at least 4 members (excludes halogenated alkanes) is 6. The fourth-order valence-corrected chi connectivity index (χ4v) is 7.27. The van der Waals surface area contributed by atoms with Gasteiger partial charge in [0.25, 0.3) is 0 Å². The van der Waals surface area contributed by atoms with E-state index in [-0.39, 0.29) is 12.8 Å². The quantitative estimate of drug-likeness (QED) is 0.0327. The predicted molar refractivity (Wildman–Crippen MR) is 218 cm³/mol. The average molecular weight is 724 g/mol. The number of fused-ring (bicyclic) bond motifs is 2. The molecule has 3 heterocycles. The van der Waals surface area contributed by atoms with Crippen LogP contribution in [0.2, 0.25) is 0 Å². The number of benzene rings is 2. The minimum Gasteiger partial charge on any atom is -0.494 e. The molecule has 0 unspecified atom stereocenters. The number of piperazine rings is 1. The molecule has 0 spiro atoms. The minimum atomic E-state index is -0.230. The Morgan fingerprint density at radius 2 is 1.60 bits per heavy atom. The van der Waals surface area contributed by atoms with Gasteiger partial charge in [0.1, 0.15) is 5.75 Å². The van der Waals surface area contributed by atoms with E-state index >= 15 is 0 Å².